The Morgan fingerprint density at radius 3 is 1.08 bits per heavy atom. The smallest absolute Gasteiger partial charge is 0.217 e. The Morgan fingerprint density at radius 2 is 0.812 bits per heavy atom. The van der Waals surface area contributed by atoms with Crippen molar-refractivity contribution >= 4 is 11.8 Å². The summed E-state index contributed by atoms with van der Waals surface area (Å²) in [6, 6.07) is 4.22. The number of nitrogens with one attached hydrogen (secondary N) is 2. The van der Waals surface area contributed by atoms with Crippen LogP contribution < -0.4 is 10.6 Å². The van der Waals surface area contributed by atoms with Crippen LogP contribution in [0, 0.1) is 11.8 Å². The highest BCUT2D eigenvalue weighted by atomic mass is 16.3. The number of amides is 2. The quantitative estimate of drug-likeness (QED) is 0.0581. The molecular weight excluding hydrogens is 596 g/mol. The summed E-state index contributed by atoms with van der Waals surface area (Å²) in [6.07, 6.45) is 20.8. The summed E-state index contributed by atoms with van der Waals surface area (Å²) in [5, 5.41) is 28.4. The Labute approximate surface area is 296 Å². The average Bonchev–Trinajstić information content (AvgIpc) is 2.98. The van der Waals surface area contributed by atoms with E-state index >= 15 is 0 Å². The summed E-state index contributed by atoms with van der Waals surface area (Å²) in [6.45, 7) is 20.6. The molecule has 6 nitrogen and oxygen atoms in total. The van der Waals surface area contributed by atoms with Gasteiger partial charge < -0.3 is 20.8 Å². The van der Waals surface area contributed by atoms with Crippen molar-refractivity contribution in [3.8, 4) is 11.5 Å². The van der Waals surface area contributed by atoms with Gasteiger partial charge in [-0.3, -0.25) is 9.59 Å². The van der Waals surface area contributed by atoms with Crippen LogP contribution in [0.1, 0.15) is 196 Å². The molecule has 1 rings (SSSR count). The van der Waals surface area contributed by atoms with Gasteiger partial charge in [0.05, 0.1) is 0 Å². The Balaban J connectivity index is 2.40. The molecule has 6 heteroatoms. The van der Waals surface area contributed by atoms with Gasteiger partial charge in [-0.25, -0.2) is 0 Å². The monoisotopic (exact) mass is 673 g/mol. The van der Waals surface area contributed by atoms with Crippen molar-refractivity contribution < 1.29 is 19.8 Å². The van der Waals surface area contributed by atoms with E-state index in [2.05, 4.69) is 66.0 Å². The zero-order valence-electron chi connectivity index (χ0n) is 32.9. The van der Waals surface area contributed by atoms with Gasteiger partial charge >= 0.3 is 0 Å². The number of rotatable bonds is 26. The van der Waals surface area contributed by atoms with Gasteiger partial charge in [0.15, 0.2) is 0 Å². The van der Waals surface area contributed by atoms with Crippen molar-refractivity contribution in [2.24, 2.45) is 11.8 Å². The van der Waals surface area contributed by atoms with Crippen LogP contribution in [-0.4, -0.2) is 34.1 Å². The first-order chi connectivity index (χ1) is 22.5. The number of phenolic OH excluding ortho intramolecular Hbond substituents is 2. The average molecular weight is 673 g/mol. The van der Waals surface area contributed by atoms with Crippen LogP contribution >= 0.6 is 0 Å². The molecule has 2 atom stereocenters. The maximum atomic E-state index is 11.4. The van der Waals surface area contributed by atoms with Gasteiger partial charge in [-0.1, -0.05) is 145 Å². The summed E-state index contributed by atoms with van der Waals surface area (Å²) in [5.74, 6) is 1.68. The molecule has 1 aromatic rings. The van der Waals surface area contributed by atoms with Crippen molar-refractivity contribution in [1.82, 2.24) is 10.6 Å². The number of hydrogen-bond acceptors (Lipinski definition) is 4. The third kappa shape index (κ3) is 17.4. The first-order valence-corrected chi connectivity index (χ1v) is 19.6. The lowest BCUT2D eigenvalue weighted by atomic mass is 9.75. The van der Waals surface area contributed by atoms with Crippen molar-refractivity contribution in [3.05, 3.63) is 23.3 Å². The topological polar surface area (TPSA) is 98.7 Å². The predicted molar refractivity (Wildman–Crippen MR) is 204 cm³/mol. The molecule has 0 heterocycles. The van der Waals surface area contributed by atoms with E-state index in [4.69, 9.17) is 0 Å². The summed E-state index contributed by atoms with van der Waals surface area (Å²) in [5.41, 5.74) is 1.27. The zero-order valence-corrected chi connectivity index (χ0v) is 32.9. The highest BCUT2D eigenvalue weighted by Gasteiger charge is 2.29. The van der Waals surface area contributed by atoms with Gasteiger partial charge in [-0.2, -0.15) is 0 Å². The van der Waals surface area contributed by atoms with Crippen molar-refractivity contribution in [2.45, 2.75) is 208 Å². The van der Waals surface area contributed by atoms with Crippen molar-refractivity contribution in [1.29, 1.82) is 0 Å². The lowest BCUT2D eigenvalue weighted by Gasteiger charge is -2.30. The van der Waals surface area contributed by atoms with Gasteiger partial charge in [-0.15, -0.1) is 0 Å². The Morgan fingerprint density at radius 1 is 0.542 bits per heavy atom. The van der Waals surface area contributed by atoms with E-state index in [1.165, 1.54) is 64.2 Å². The number of phenols is 2. The SMILES string of the molecule is CC(=O)NC(CCCCCCCCCC(C)(C)c1cc(O)c(C(C)(C)CCCCCCCCCC(NC(C)=O)C(C)C)cc1O)C(C)C. The minimum Gasteiger partial charge on any atom is -0.508 e. The molecule has 48 heavy (non-hydrogen) atoms. The largest absolute Gasteiger partial charge is 0.508 e. The molecule has 0 aromatic heterocycles. The van der Waals surface area contributed by atoms with Crippen molar-refractivity contribution in [3.63, 3.8) is 0 Å². The number of unbranched alkanes of at least 4 members (excludes halogenated alkanes) is 12. The molecule has 1 aromatic carbocycles. The summed E-state index contributed by atoms with van der Waals surface area (Å²) in [4.78, 5) is 22.8. The van der Waals surface area contributed by atoms with Crippen LogP contribution in [0.4, 0.5) is 0 Å². The Hall–Kier alpha value is -2.24. The van der Waals surface area contributed by atoms with E-state index in [-0.39, 0.29) is 34.7 Å². The number of hydrogen-bond donors (Lipinski definition) is 4. The van der Waals surface area contributed by atoms with Crippen LogP contribution in [0.25, 0.3) is 0 Å². The molecule has 2 unspecified atom stereocenters. The van der Waals surface area contributed by atoms with Gasteiger partial charge in [-0.05, 0) is 60.5 Å². The third-order valence-electron chi connectivity index (χ3n) is 10.6. The minimum absolute atomic E-state index is 0.0668. The number of carbonyl (C=O) groups is 2. The molecule has 2 amide bonds. The third-order valence-corrected chi connectivity index (χ3v) is 10.6. The standard InChI is InChI=1S/C42H76N2O4/c1-31(2)37(43-33(5)45)25-21-17-13-11-15-19-23-27-41(7,8)35-29-40(48)36(30-39(35)47)42(9,10)28-24-20-16-12-14-18-22-26-38(32(3)4)44-34(6)46/h29-32,37-38,47-48H,11-28H2,1-10H3,(H,43,45)(H,44,46). The molecule has 278 valence electrons. The number of benzene rings is 1. The lowest BCUT2D eigenvalue weighted by molar-refractivity contribution is -0.120. The van der Waals surface area contributed by atoms with Crippen LogP contribution in [0.3, 0.4) is 0 Å². The molecule has 0 aliphatic rings. The van der Waals surface area contributed by atoms with Crippen LogP contribution in [0.15, 0.2) is 12.1 Å². The Bertz CT molecular complexity index is 978. The van der Waals surface area contributed by atoms with Gasteiger partial charge in [0, 0.05) is 37.1 Å². The van der Waals surface area contributed by atoms with Gasteiger partial charge in [0.25, 0.3) is 0 Å². The first kappa shape index (κ1) is 43.8. The fourth-order valence-corrected chi connectivity index (χ4v) is 7.23. The van der Waals surface area contributed by atoms with E-state index in [1.807, 2.05) is 12.1 Å². The minimum atomic E-state index is -0.209. The fraction of sp³-hybridized carbons (Fsp3) is 0.810. The summed E-state index contributed by atoms with van der Waals surface area (Å²) >= 11 is 0. The maximum Gasteiger partial charge on any atom is 0.217 e. The second kappa shape index (κ2) is 22.5. The van der Waals surface area contributed by atoms with Gasteiger partial charge in [0.1, 0.15) is 11.5 Å². The predicted octanol–water partition coefficient (Wildman–Crippen LogP) is 11.0. The van der Waals surface area contributed by atoms with E-state index < -0.39 is 0 Å². The molecular formula is C42H76N2O4. The molecule has 0 spiro atoms. The first-order valence-electron chi connectivity index (χ1n) is 19.6. The Kier molecular flexibility index (Phi) is 20.5. The normalized spacial score (nSPS) is 13.6. The number of carbonyl (C=O) groups excluding carboxylic acids is 2. The second-order valence-electron chi connectivity index (χ2n) is 16.8. The maximum absolute atomic E-state index is 11.4. The lowest BCUT2D eigenvalue weighted by Crippen LogP contribution is -2.37. The summed E-state index contributed by atoms with van der Waals surface area (Å²) < 4.78 is 0. The summed E-state index contributed by atoms with van der Waals surface area (Å²) in [7, 11) is 0. The number of aromatic hydroxyl groups is 2. The van der Waals surface area contributed by atoms with Gasteiger partial charge in [0.2, 0.25) is 11.8 Å². The second-order valence-corrected chi connectivity index (χ2v) is 16.8. The molecule has 0 bridgehead atoms. The molecule has 0 aliphatic heterocycles. The highest BCUT2D eigenvalue weighted by Crippen LogP contribution is 2.43. The van der Waals surface area contributed by atoms with Crippen molar-refractivity contribution in [2.75, 3.05) is 0 Å². The van der Waals surface area contributed by atoms with Crippen LogP contribution in [0.2, 0.25) is 0 Å². The van der Waals surface area contributed by atoms with E-state index in [9.17, 15) is 19.8 Å². The molecule has 4 N–H and O–H groups in total. The molecule has 0 saturated carbocycles. The molecule has 0 saturated heterocycles. The molecule has 0 aliphatic carbocycles. The highest BCUT2D eigenvalue weighted by molar-refractivity contribution is 5.73. The fourth-order valence-electron chi connectivity index (χ4n) is 7.23. The van der Waals surface area contributed by atoms with E-state index in [1.54, 1.807) is 13.8 Å². The zero-order chi connectivity index (χ0) is 36.3. The molecule has 0 fully saturated rings. The molecule has 0 radical (unpaired) electrons. The van der Waals surface area contributed by atoms with Crippen LogP contribution in [0.5, 0.6) is 11.5 Å². The van der Waals surface area contributed by atoms with E-state index in [0.717, 1.165) is 62.5 Å². The van der Waals surface area contributed by atoms with E-state index in [0.29, 0.717) is 23.3 Å². The van der Waals surface area contributed by atoms with Crippen LogP contribution in [-0.2, 0) is 20.4 Å².